The molecule has 6 rings (SSSR count). The molecular weight excluding hydrogens is 414 g/mol. The number of hydrogen-bond donors (Lipinski definition) is 2. The van der Waals surface area contributed by atoms with Crippen LogP contribution in [0.4, 0.5) is 0 Å². The molecule has 0 radical (unpaired) electrons. The highest BCUT2D eigenvalue weighted by molar-refractivity contribution is 7.89. The molecule has 4 saturated carbocycles. The number of likely N-dealkylation sites (tertiary alicyclic amines) is 1. The Morgan fingerprint density at radius 1 is 1.26 bits per heavy atom. The van der Waals surface area contributed by atoms with E-state index in [0.29, 0.717) is 24.8 Å². The normalized spacial score (nSPS) is 36.5. The largest absolute Gasteiger partial charge is 0.349 e. The van der Waals surface area contributed by atoms with Gasteiger partial charge < -0.3 is 5.32 Å². The maximum atomic E-state index is 13.1. The Kier molecular flexibility index (Phi) is 5.07. The van der Waals surface area contributed by atoms with E-state index >= 15 is 0 Å². The lowest BCUT2D eigenvalue weighted by Gasteiger charge is -2.62. The molecule has 4 bridgehead atoms. The van der Waals surface area contributed by atoms with Gasteiger partial charge in [0.15, 0.2) is 0 Å². The predicted octanol–water partition coefficient (Wildman–Crippen LogP) is 1.95. The van der Waals surface area contributed by atoms with Crippen molar-refractivity contribution in [2.75, 3.05) is 13.1 Å². The second kappa shape index (κ2) is 7.54. The van der Waals surface area contributed by atoms with Gasteiger partial charge in [-0.25, -0.2) is 13.1 Å². The Labute approximate surface area is 183 Å². The van der Waals surface area contributed by atoms with Gasteiger partial charge in [0, 0.05) is 30.0 Å². The van der Waals surface area contributed by atoms with E-state index in [-0.39, 0.29) is 29.1 Å². The summed E-state index contributed by atoms with van der Waals surface area (Å²) in [6.07, 6.45) is 10.1. The minimum atomic E-state index is -3.65. The summed E-state index contributed by atoms with van der Waals surface area (Å²) in [5.74, 6) is 0.968. The molecule has 166 valence electrons. The van der Waals surface area contributed by atoms with Crippen LogP contribution in [0.2, 0.25) is 0 Å². The zero-order chi connectivity index (χ0) is 21.7. The molecule has 5 fully saturated rings. The molecule has 8 nitrogen and oxygen atoms in total. The highest BCUT2D eigenvalue weighted by Crippen LogP contribution is 2.57. The van der Waals surface area contributed by atoms with Crippen LogP contribution in [0.5, 0.6) is 0 Å². The van der Waals surface area contributed by atoms with Crippen LogP contribution in [0.15, 0.2) is 29.4 Å². The third-order valence-electron chi connectivity index (χ3n) is 7.68. The van der Waals surface area contributed by atoms with Crippen molar-refractivity contribution in [3.05, 3.63) is 29.4 Å². The lowest BCUT2D eigenvalue weighted by atomic mass is 9.50. The minimum Gasteiger partial charge on any atom is -0.303 e. The molecule has 2 unspecified atom stereocenters. The number of amides is 1. The molecule has 1 aromatic rings. The summed E-state index contributed by atoms with van der Waals surface area (Å²) in [6.45, 7) is 6.41. The average molecular weight is 445 g/mol. The zero-order valence-corrected chi connectivity index (χ0v) is 18.5. The Hall–Kier alpha value is -2.02. The van der Waals surface area contributed by atoms with Crippen molar-refractivity contribution in [2.24, 2.45) is 11.8 Å². The summed E-state index contributed by atoms with van der Waals surface area (Å²) in [6, 6.07) is 3.22. The average Bonchev–Trinajstić information content (AvgIpc) is 3.20. The second-order valence-electron chi connectivity index (χ2n) is 10.0. The fraction of sp³-hybridized carbons (Fsp3) is 0.682. The summed E-state index contributed by atoms with van der Waals surface area (Å²) in [4.78, 5) is 22.6. The first-order valence-electron chi connectivity index (χ1n) is 11.2. The SMILES string of the molecule is C#[N+][C@@H]1CCCN1C(=O)CNC12CC3CC(C1)CC(NS(=O)(=O)c1cccnc1)(C3)C2. The Bertz CT molecular complexity index is 992. The number of rotatable bonds is 6. The van der Waals surface area contributed by atoms with Crippen LogP contribution in [0.25, 0.3) is 4.85 Å². The minimum absolute atomic E-state index is 0.0254. The predicted molar refractivity (Wildman–Crippen MR) is 116 cm³/mol. The molecule has 5 aliphatic rings. The van der Waals surface area contributed by atoms with Gasteiger partial charge in [-0.05, 0) is 68.9 Å². The van der Waals surface area contributed by atoms with Crippen molar-refractivity contribution in [2.45, 2.75) is 73.5 Å². The number of hydrogen-bond acceptors (Lipinski definition) is 5. The van der Waals surface area contributed by atoms with Crippen molar-refractivity contribution < 1.29 is 13.2 Å². The van der Waals surface area contributed by atoms with Crippen LogP contribution in [0, 0.1) is 18.4 Å². The number of aromatic nitrogens is 1. The summed E-state index contributed by atoms with van der Waals surface area (Å²) < 4.78 is 29.2. The van der Waals surface area contributed by atoms with E-state index in [0.717, 1.165) is 44.9 Å². The monoisotopic (exact) mass is 444 g/mol. The van der Waals surface area contributed by atoms with Gasteiger partial charge in [0.2, 0.25) is 15.9 Å². The fourth-order valence-corrected chi connectivity index (χ4v) is 8.38. The number of nitrogens with one attached hydrogen (secondary N) is 2. The molecule has 4 aliphatic carbocycles. The van der Waals surface area contributed by atoms with Crippen LogP contribution >= 0.6 is 0 Å². The van der Waals surface area contributed by atoms with E-state index in [1.54, 1.807) is 23.2 Å². The summed E-state index contributed by atoms with van der Waals surface area (Å²) in [7, 11) is -3.65. The summed E-state index contributed by atoms with van der Waals surface area (Å²) >= 11 is 0. The van der Waals surface area contributed by atoms with E-state index in [4.69, 9.17) is 6.57 Å². The van der Waals surface area contributed by atoms with Crippen molar-refractivity contribution in [3.63, 3.8) is 0 Å². The number of carbonyl (C=O) groups excluding carboxylic acids is 1. The Morgan fingerprint density at radius 2 is 2.00 bits per heavy atom. The van der Waals surface area contributed by atoms with Crippen LogP contribution in [-0.4, -0.2) is 54.5 Å². The molecule has 31 heavy (non-hydrogen) atoms. The summed E-state index contributed by atoms with van der Waals surface area (Å²) in [5, 5.41) is 3.58. The van der Waals surface area contributed by atoms with Gasteiger partial charge in [-0.2, -0.15) is 0 Å². The lowest BCUT2D eigenvalue weighted by Crippen LogP contribution is -2.69. The van der Waals surface area contributed by atoms with Gasteiger partial charge in [-0.1, -0.05) is 4.85 Å². The molecule has 0 spiro atoms. The lowest BCUT2D eigenvalue weighted by molar-refractivity contribution is -0.131. The van der Waals surface area contributed by atoms with Crippen molar-refractivity contribution in [1.29, 1.82) is 0 Å². The second-order valence-corrected chi connectivity index (χ2v) is 11.7. The van der Waals surface area contributed by atoms with Crippen LogP contribution in [0.1, 0.15) is 51.4 Å². The molecule has 2 N–H and O–H groups in total. The standard InChI is InChI=1S/C22H30N5O3S/c1-23-19-5-3-7-27(19)20(28)14-25-21-9-16-8-17(10-21)12-22(11-16,15-21)26-31(29,30)18-4-2-6-24-13-18/h1-2,4,6,13,16-17,19,25-26H,3,5,7-12,14-15H2/q+1/t16?,17?,19-,21?,22?/m0/s1. The van der Waals surface area contributed by atoms with Gasteiger partial charge in [-0.3, -0.25) is 14.7 Å². The van der Waals surface area contributed by atoms with Crippen LogP contribution < -0.4 is 10.0 Å². The molecule has 3 atom stereocenters. The van der Waals surface area contributed by atoms with Crippen molar-refractivity contribution in [3.8, 4) is 6.57 Å². The van der Waals surface area contributed by atoms with Gasteiger partial charge in [0.1, 0.15) is 4.90 Å². The Balaban J connectivity index is 1.32. The van der Waals surface area contributed by atoms with E-state index < -0.39 is 15.6 Å². The first kappa shape index (κ1) is 20.9. The first-order chi connectivity index (χ1) is 14.8. The third kappa shape index (κ3) is 3.86. The molecule has 1 amide bonds. The highest BCUT2D eigenvalue weighted by atomic mass is 32.2. The molecular formula is C22H30N5O3S+. The topological polar surface area (TPSA) is 95.8 Å². The van der Waals surface area contributed by atoms with Gasteiger partial charge >= 0.3 is 6.17 Å². The number of carbonyl (C=O) groups is 1. The third-order valence-corrected chi connectivity index (χ3v) is 9.25. The number of sulfonamides is 1. The van der Waals surface area contributed by atoms with Gasteiger partial charge in [0.25, 0.3) is 6.57 Å². The smallest absolute Gasteiger partial charge is 0.303 e. The summed E-state index contributed by atoms with van der Waals surface area (Å²) in [5.41, 5.74) is -0.663. The maximum Gasteiger partial charge on any atom is 0.349 e. The zero-order valence-electron chi connectivity index (χ0n) is 17.7. The quantitative estimate of drug-likeness (QED) is 0.699. The molecule has 0 aromatic carbocycles. The molecule has 9 heteroatoms. The van der Waals surface area contributed by atoms with Gasteiger partial charge in [-0.15, -0.1) is 0 Å². The highest BCUT2D eigenvalue weighted by Gasteiger charge is 2.58. The van der Waals surface area contributed by atoms with E-state index in [2.05, 4.69) is 19.9 Å². The molecule has 2 heterocycles. The number of pyridine rings is 1. The van der Waals surface area contributed by atoms with Crippen molar-refractivity contribution >= 4 is 15.9 Å². The van der Waals surface area contributed by atoms with Crippen molar-refractivity contribution in [1.82, 2.24) is 19.9 Å². The molecule has 1 aliphatic heterocycles. The maximum absolute atomic E-state index is 13.1. The van der Waals surface area contributed by atoms with Crippen LogP contribution in [-0.2, 0) is 14.8 Å². The fourth-order valence-electron chi connectivity index (χ4n) is 7.00. The van der Waals surface area contributed by atoms with Gasteiger partial charge in [0.05, 0.1) is 13.0 Å². The van der Waals surface area contributed by atoms with Crippen LogP contribution in [0.3, 0.4) is 0 Å². The van der Waals surface area contributed by atoms with E-state index in [1.165, 1.54) is 6.20 Å². The van der Waals surface area contributed by atoms with E-state index in [1.807, 2.05) is 0 Å². The van der Waals surface area contributed by atoms with E-state index in [9.17, 15) is 13.2 Å². The molecule has 1 aromatic heterocycles. The Morgan fingerprint density at radius 3 is 2.68 bits per heavy atom. The number of nitrogens with zero attached hydrogens (tertiary/aromatic N) is 3. The molecule has 1 saturated heterocycles. The first-order valence-corrected chi connectivity index (χ1v) is 12.7.